The first kappa shape index (κ1) is 23.0. The molecule has 0 radical (unpaired) electrons. The lowest BCUT2D eigenvalue weighted by atomic mass is 10.0. The fourth-order valence-electron chi connectivity index (χ4n) is 3.63. The van der Waals surface area contributed by atoms with E-state index in [-0.39, 0.29) is 11.4 Å². The lowest BCUT2D eigenvalue weighted by Gasteiger charge is -2.15. The van der Waals surface area contributed by atoms with Gasteiger partial charge in [-0.05, 0) is 24.1 Å². The summed E-state index contributed by atoms with van der Waals surface area (Å²) in [6.07, 6.45) is 5.21. The number of nitrogens with zero attached hydrogens (tertiary/aromatic N) is 4. The number of hydrogen-bond acceptors (Lipinski definition) is 8. The van der Waals surface area contributed by atoms with Crippen LogP contribution in [0.2, 0.25) is 5.02 Å². The highest BCUT2D eigenvalue weighted by molar-refractivity contribution is 6.32. The zero-order valence-corrected chi connectivity index (χ0v) is 19.2. The molecule has 174 valence electrons. The summed E-state index contributed by atoms with van der Waals surface area (Å²) in [7, 11) is 2.94. The smallest absolute Gasteiger partial charge is 0.312 e. The number of anilines is 1. The molecular formula is C23H21ClN6O4. The average molecular weight is 481 g/mol. The lowest BCUT2D eigenvalue weighted by molar-refractivity contribution is -0.385. The summed E-state index contributed by atoms with van der Waals surface area (Å²) >= 11 is 6.25. The van der Waals surface area contributed by atoms with Crippen molar-refractivity contribution in [3.05, 3.63) is 75.6 Å². The molecule has 0 unspecified atom stereocenters. The Labute approximate surface area is 199 Å². The topological polar surface area (TPSA) is 128 Å². The molecule has 0 spiro atoms. The van der Waals surface area contributed by atoms with Gasteiger partial charge in [0.25, 0.3) is 0 Å². The van der Waals surface area contributed by atoms with Gasteiger partial charge in [0.1, 0.15) is 11.6 Å². The summed E-state index contributed by atoms with van der Waals surface area (Å²) < 4.78 is 10.6. The summed E-state index contributed by atoms with van der Waals surface area (Å²) in [5.74, 6) is 1.89. The fourth-order valence-corrected chi connectivity index (χ4v) is 3.91. The van der Waals surface area contributed by atoms with Crippen molar-refractivity contribution in [2.75, 3.05) is 19.5 Å². The minimum Gasteiger partial charge on any atom is -0.495 e. The Morgan fingerprint density at radius 3 is 2.71 bits per heavy atom. The van der Waals surface area contributed by atoms with Gasteiger partial charge >= 0.3 is 5.69 Å². The zero-order chi connectivity index (χ0) is 24.2. The highest BCUT2D eigenvalue weighted by Gasteiger charge is 2.25. The van der Waals surface area contributed by atoms with E-state index in [4.69, 9.17) is 21.1 Å². The molecule has 10 nitrogen and oxygen atoms in total. The van der Waals surface area contributed by atoms with Gasteiger partial charge in [-0.2, -0.15) is 0 Å². The van der Waals surface area contributed by atoms with Crippen LogP contribution in [-0.2, 0) is 13.0 Å². The standard InChI is InChI=1S/C23H21ClN6O4/c1-4-5-14-19-15(11-17(30(31)32)20(14)34-3)21(29-23(28-19)22-25-8-9-26-22)27-12-13-6-7-18(33-2)16(24)10-13/h4,6-11H,1,5,12H2,2-3H3,(H,25,26)(H,27,28,29). The number of fused-ring (bicyclic) bond motifs is 1. The third-order valence-corrected chi connectivity index (χ3v) is 5.45. The molecule has 0 saturated carbocycles. The number of H-pyrrole nitrogens is 1. The maximum absolute atomic E-state index is 11.8. The van der Waals surface area contributed by atoms with E-state index < -0.39 is 4.92 Å². The molecule has 11 heteroatoms. The molecule has 4 rings (SSSR count). The maximum Gasteiger partial charge on any atom is 0.312 e. The van der Waals surface area contributed by atoms with Gasteiger partial charge in [-0.15, -0.1) is 6.58 Å². The van der Waals surface area contributed by atoms with Crippen molar-refractivity contribution in [1.29, 1.82) is 0 Å². The van der Waals surface area contributed by atoms with Crippen LogP contribution in [0.15, 0.2) is 49.3 Å². The first-order valence-corrected chi connectivity index (χ1v) is 10.6. The Kier molecular flexibility index (Phi) is 6.60. The van der Waals surface area contributed by atoms with Gasteiger partial charge in [0.15, 0.2) is 11.6 Å². The number of nitrogens with one attached hydrogen (secondary N) is 2. The fraction of sp³-hybridized carbons (Fsp3) is 0.174. The highest BCUT2D eigenvalue weighted by Crippen LogP contribution is 2.40. The van der Waals surface area contributed by atoms with E-state index in [1.54, 1.807) is 37.7 Å². The van der Waals surface area contributed by atoms with Crippen molar-refractivity contribution >= 4 is 34.0 Å². The van der Waals surface area contributed by atoms with Crippen LogP contribution in [0.3, 0.4) is 0 Å². The van der Waals surface area contributed by atoms with E-state index in [1.165, 1.54) is 13.2 Å². The molecule has 2 heterocycles. The lowest BCUT2D eigenvalue weighted by Crippen LogP contribution is -2.07. The van der Waals surface area contributed by atoms with Crippen LogP contribution in [0.25, 0.3) is 22.6 Å². The molecule has 2 aromatic heterocycles. The summed E-state index contributed by atoms with van der Waals surface area (Å²) in [6, 6.07) is 6.82. The van der Waals surface area contributed by atoms with Gasteiger partial charge in [0, 0.05) is 30.6 Å². The van der Waals surface area contributed by atoms with Crippen molar-refractivity contribution < 1.29 is 14.4 Å². The summed E-state index contributed by atoms with van der Waals surface area (Å²) in [5, 5.41) is 16.0. The number of allylic oxidation sites excluding steroid dienone is 1. The van der Waals surface area contributed by atoms with Crippen LogP contribution in [0.1, 0.15) is 11.1 Å². The third-order valence-electron chi connectivity index (χ3n) is 5.15. The van der Waals surface area contributed by atoms with Crippen molar-refractivity contribution in [1.82, 2.24) is 19.9 Å². The van der Waals surface area contributed by atoms with Crippen molar-refractivity contribution in [3.63, 3.8) is 0 Å². The number of rotatable bonds is 9. The van der Waals surface area contributed by atoms with Gasteiger partial charge < -0.3 is 19.8 Å². The monoisotopic (exact) mass is 480 g/mol. The van der Waals surface area contributed by atoms with Crippen molar-refractivity contribution in [2.45, 2.75) is 13.0 Å². The van der Waals surface area contributed by atoms with Crippen LogP contribution in [0.5, 0.6) is 11.5 Å². The summed E-state index contributed by atoms with van der Waals surface area (Å²) in [4.78, 5) is 27.8. The number of aromatic amines is 1. The molecule has 0 aliphatic heterocycles. The van der Waals surface area contributed by atoms with Gasteiger partial charge in [-0.25, -0.2) is 15.0 Å². The molecule has 0 bridgehead atoms. The highest BCUT2D eigenvalue weighted by atomic mass is 35.5. The van der Waals surface area contributed by atoms with E-state index in [0.717, 1.165) is 5.56 Å². The van der Waals surface area contributed by atoms with Crippen molar-refractivity contribution in [3.8, 4) is 23.1 Å². The minimum absolute atomic E-state index is 0.134. The molecule has 0 saturated heterocycles. The van der Waals surface area contributed by atoms with E-state index >= 15 is 0 Å². The molecule has 2 aromatic carbocycles. The molecule has 0 aliphatic carbocycles. The SMILES string of the molecule is C=CCc1c(OC)c([N+](=O)[O-])cc2c(NCc3ccc(OC)c(Cl)c3)nc(-c3ncc[nH]3)nc12. The van der Waals surface area contributed by atoms with E-state index in [9.17, 15) is 10.1 Å². The summed E-state index contributed by atoms with van der Waals surface area (Å²) in [6.45, 7) is 4.13. The molecule has 2 N–H and O–H groups in total. The number of hydrogen-bond donors (Lipinski definition) is 2. The number of ether oxygens (including phenoxy) is 2. The predicted octanol–water partition coefficient (Wildman–Crippen LogP) is 4.94. The normalized spacial score (nSPS) is 10.8. The first-order chi connectivity index (χ1) is 16.5. The van der Waals surface area contributed by atoms with Crippen LogP contribution in [-0.4, -0.2) is 39.1 Å². The Bertz CT molecular complexity index is 1370. The van der Waals surface area contributed by atoms with Crippen molar-refractivity contribution in [2.24, 2.45) is 0 Å². The molecule has 0 fully saturated rings. The Morgan fingerprint density at radius 1 is 1.26 bits per heavy atom. The van der Waals surface area contributed by atoms with Gasteiger partial charge in [0.2, 0.25) is 5.75 Å². The van der Waals surface area contributed by atoms with Gasteiger partial charge in [-0.3, -0.25) is 10.1 Å². The minimum atomic E-state index is -0.488. The van der Waals surface area contributed by atoms with Gasteiger partial charge in [-0.1, -0.05) is 23.7 Å². The number of nitro groups is 1. The maximum atomic E-state index is 11.8. The number of nitro benzene ring substituents is 1. The average Bonchev–Trinajstić information content (AvgIpc) is 3.37. The van der Waals surface area contributed by atoms with E-state index in [0.29, 0.717) is 57.7 Å². The van der Waals surface area contributed by atoms with Crippen LogP contribution < -0.4 is 14.8 Å². The molecule has 34 heavy (non-hydrogen) atoms. The molecular weight excluding hydrogens is 460 g/mol. The first-order valence-electron chi connectivity index (χ1n) is 10.2. The van der Waals surface area contributed by atoms with Crippen LogP contribution in [0, 0.1) is 10.1 Å². The number of imidazole rings is 1. The van der Waals surface area contributed by atoms with Gasteiger partial charge in [0.05, 0.1) is 35.1 Å². The second kappa shape index (κ2) is 9.75. The summed E-state index contributed by atoms with van der Waals surface area (Å²) in [5.41, 5.74) is 1.72. The Morgan fingerprint density at radius 2 is 2.09 bits per heavy atom. The number of halogens is 1. The number of aromatic nitrogens is 4. The second-order valence-corrected chi connectivity index (χ2v) is 7.62. The number of methoxy groups -OCH3 is 2. The molecule has 0 aliphatic rings. The quantitative estimate of drug-likeness (QED) is 0.196. The molecule has 0 amide bonds. The van der Waals surface area contributed by atoms with Crippen LogP contribution in [0.4, 0.5) is 11.5 Å². The third kappa shape index (κ3) is 4.35. The van der Waals surface area contributed by atoms with E-state index in [2.05, 4.69) is 31.8 Å². The molecule has 0 atom stereocenters. The number of benzene rings is 2. The Hall–Kier alpha value is -4.18. The largest absolute Gasteiger partial charge is 0.495 e. The van der Waals surface area contributed by atoms with E-state index in [1.807, 2.05) is 6.07 Å². The Balaban J connectivity index is 1.90. The predicted molar refractivity (Wildman–Crippen MR) is 130 cm³/mol. The van der Waals surface area contributed by atoms with Crippen LogP contribution >= 0.6 is 11.6 Å². The second-order valence-electron chi connectivity index (χ2n) is 7.21. The molecule has 4 aromatic rings. The zero-order valence-electron chi connectivity index (χ0n) is 18.5.